The zero-order chi connectivity index (χ0) is 16.4. The summed E-state index contributed by atoms with van der Waals surface area (Å²) in [6.45, 7) is 4.68. The SMILES string of the molecule is C[C@]12CC[C@@H]3[C@@H](CC=C4CC(=N)CC(C=O)[C@@]43C)[C@@H]1CC(O)C2. The molecule has 3 nitrogen and oxygen atoms in total. The van der Waals surface area contributed by atoms with E-state index in [0.717, 1.165) is 37.7 Å². The molecule has 0 aromatic carbocycles. The largest absolute Gasteiger partial charge is 0.393 e. The van der Waals surface area contributed by atoms with Gasteiger partial charge in [0.15, 0.2) is 0 Å². The van der Waals surface area contributed by atoms with Gasteiger partial charge in [-0.1, -0.05) is 25.5 Å². The van der Waals surface area contributed by atoms with Crippen molar-refractivity contribution in [1.82, 2.24) is 0 Å². The molecule has 0 aromatic rings. The van der Waals surface area contributed by atoms with Crippen molar-refractivity contribution in [1.29, 1.82) is 5.41 Å². The normalized spacial score (nSPS) is 52.2. The van der Waals surface area contributed by atoms with Crippen LogP contribution in [-0.4, -0.2) is 23.2 Å². The predicted molar refractivity (Wildman–Crippen MR) is 90.4 cm³/mol. The highest BCUT2D eigenvalue weighted by Crippen LogP contribution is 2.65. The third-order valence-electron chi connectivity index (χ3n) is 8.09. The van der Waals surface area contributed by atoms with Gasteiger partial charge in [-0.2, -0.15) is 0 Å². The number of aliphatic hydroxyl groups is 1. The van der Waals surface area contributed by atoms with E-state index in [1.54, 1.807) is 0 Å². The van der Waals surface area contributed by atoms with Crippen molar-refractivity contribution in [2.24, 2.45) is 34.5 Å². The van der Waals surface area contributed by atoms with Crippen LogP contribution in [0.15, 0.2) is 11.6 Å². The summed E-state index contributed by atoms with van der Waals surface area (Å²) in [6, 6.07) is 0. The fourth-order valence-electron chi connectivity index (χ4n) is 6.86. The molecule has 0 spiro atoms. The number of fused-ring (bicyclic) bond motifs is 5. The summed E-state index contributed by atoms with van der Waals surface area (Å²) in [5.74, 6) is 1.72. The standard InChI is InChI=1S/C20H29NO2/c1-19-6-5-17-16(18(19)9-15(23)10-19)4-3-12-7-14(21)8-13(11-22)20(12,17)2/h3,11,13,15-18,21,23H,4-10H2,1-2H3/t13?,15?,16-,17-,18+,19-,20-/m1/s1. The van der Waals surface area contributed by atoms with E-state index in [2.05, 4.69) is 19.9 Å². The van der Waals surface area contributed by atoms with Crippen molar-refractivity contribution in [3.05, 3.63) is 11.6 Å². The lowest BCUT2D eigenvalue weighted by Crippen LogP contribution is -2.52. The van der Waals surface area contributed by atoms with Crippen LogP contribution in [0.3, 0.4) is 0 Å². The third-order valence-corrected chi connectivity index (χ3v) is 8.09. The van der Waals surface area contributed by atoms with E-state index < -0.39 is 0 Å². The second kappa shape index (κ2) is 5.02. The first-order chi connectivity index (χ1) is 10.9. The predicted octanol–water partition coefficient (Wildman–Crippen LogP) is 3.75. The second-order valence-corrected chi connectivity index (χ2v) is 9.14. The van der Waals surface area contributed by atoms with E-state index in [9.17, 15) is 9.90 Å². The molecule has 2 unspecified atom stereocenters. The van der Waals surface area contributed by atoms with E-state index >= 15 is 0 Å². The number of carbonyl (C=O) groups excluding carboxylic acids is 1. The van der Waals surface area contributed by atoms with Gasteiger partial charge in [0.05, 0.1) is 6.10 Å². The molecule has 4 aliphatic rings. The molecule has 4 rings (SSSR count). The lowest BCUT2D eigenvalue weighted by Gasteiger charge is -2.58. The van der Waals surface area contributed by atoms with Gasteiger partial charge in [-0.15, -0.1) is 0 Å². The highest BCUT2D eigenvalue weighted by Gasteiger charge is 2.59. The lowest BCUT2D eigenvalue weighted by atomic mass is 9.46. The van der Waals surface area contributed by atoms with Crippen molar-refractivity contribution in [2.45, 2.75) is 64.9 Å². The van der Waals surface area contributed by atoms with Crippen molar-refractivity contribution >= 4 is 12.0 Å². The number of rotatable bonds is 1. The minimum atomic E-state index is -0.136. The van der Waals surface area contributed by atoms with E-state index in [1.165, 1.54) is 18.4 Å². The van der Waals surface area contributed by atoms with Gasteiger partial charge in [-0.3, -0.25) is 0 Å². The molecule has 0 radical (unpaired) electrons. The van der Waals surface area contributed by atoms with Gasteiger partial charge in [-0.05, 0) is 61.7 Å². The molecule has 126 valence electrons. The Hall–Kier alpha value is -0.960. The zero-order valence-electron chi connectivity index (χ0n) is 14.3. The van der Waals surface area contributed by atoms with Crippen molar-refractivity contribution in [3.8, 4) is 0 Å². The lowest BCUT2D eigenvalue weighted by molar-refractivity contribution is -0.118. The third kappa shape index (κ3) is 2.05. The van der Waals surface area contributed by atoms with Gasteiger partial charge in [0, 0.05) is 23.5 Å². The van der Waals surface area contributed by atoms with Gasteiger partial charge in [-0.25, -0.2) is 0 Å². The first-order valence-electron chi connectivity index (χ1n) is 9.27. The quantitative estimate of drug-likeness (QED) is 0.572. The molecule has 0 amide bonds. The van der Waals surface area contributed by atoms with Crippen LogP contribution < -0.4 is 0 Å². The van der Waals surface area contributed by atoms with Crippen LogP contribution in [0.4, 0.5) is 0 Å². The van der Waals surface area contributed by atoms with Crippen LogP contribution >= 0.6 is 0 Å². The molecule has 0 heterocycles. The number of carbonyl (C=O) groups is 1. The Bertz CT molecular complexity index is 582. The molecule has 4 aliphatic carbocycles. The Balaban J connectivity index is 1.74. The molecule has 23 heavy (non-hydrogen) atoms. The Morgan fingerprint density at radius 3 is 2.87 bits per heavy atom. The summed E-state index contributed by atoms with van der Waals surface area (Å²) in [4.78, 5) is 11.8. The average molecular weight is 315 g/mol. The zero-order valence-corrected chi connectivity index (χ0v) is 14.3. The Morgan fingerprint density at radius 2 is 2.13 bits per heavy atom. The molecular formula is C20H29NO2. The first-order valence-corrected chi connectivity index (χ1v) is 9.27. The number of aliphatic hydroxyl groups excluding tert-OH is 1. The number of nitrogens with one attached hydrogen (secondary N) is 1. The van der Waals surface area contributed by atoms with Crippen LogP contribution in [-0.2, 0) is 4.79 Å². The van der Waals surface area contributed by atoms with E-state index in [4.69, 9.17) is 5.41 Å². The summed E-state index contributed by atoms with van der Waals surface area (Å²) >= 11 is 0. The molecule has 0 saturated heterocycles. The molecule has 0 bridgehead atoms. The van der Waals surface area contributed by atoms with E-state index in [-0.39, 0.29) is 17.4 Å². The van der Waals surface area contributed by atoms with Crippen LogP contribution in [0.25, 0.3) is 0 Å². The average Bonchev–Trinajstić information content (AvgIpc) is 2.81. The molecule has 3 heteroatoms. The minimum Gasteiger partial charge on any atom is -0.393 e. The maximum atomic E-state index is 11.8. The maximum absolute atomic E-state index is 11.8. The second-order valence-electron chi connectivity index (χ2n) is 9.14. The summed E-state index contributed by atoms with van der Waals surface area (Å²) in [6.07, 6.45) is 10.1. The van der Waals surface area contributed by atoms with Gasteiger partial charge >= 0.3 is 0 Å². The minimum absolute atomic E-state index is 0.0292. The van der Waals surface area contributed by atoms with E-state index in [1.807, 2.05) is 0 Å². The molecule has 3 fully saturated rings. The molecule has 2 N–H and O–H groups in total. The van der Waals surface area contributed by atoms with Gasteiger partial charge in [0.25, 0.3) is 0 Å². The van der Waals surface area contributed by atoms with Crippen LogP contribution in [0.1, 0.15) is 58.8 Å². The smallest absolute Gasteiger partial charge is 0.124 e. The van der Waals surface area contributed by atoms with Gasteiger partial charge < -0.3 is 15.3 Å². The molecule has 7 atom stereocenters. The number of hydrogen-bond donors (Lipinski definition) is 2. The first kappa shape index (κ1) is 15.6. The van der Waals surface area contributed by atoms with Crippen LogP contribution in [0.2, 0.25) is 0 Å². The Morgan fingerprint density at radius 1 is 1.35 bits per heavy atom. The number of aldehydes is 1. The Kier molecular flexibility index (Phi) is 3.39. The molecule has 0 aromatic heterocycles. The fourth-order valence-corrected chi connectivity index (χ4v) is 6.86. The maximum Gasteiger partial charge on any atom is 0.124 e. The topological polar surface area (TPSA) is 61.2 Å². The summed E-state index contributed by atoms with van der Waals surface area (Å²) in [7, 11) is 0. The molecular weight excluding hydrogens is 286 g/mol. The number of hydrogen-bond acceptors (Lipinski definition) is 3. The van der Waals surface area contributed by atoms with Crippen molar-refractivity contribution in [3.63, 3.8) is 0 Å². The van der Waals surface area contributed by atoms with Gasteiger partial charge in [0.1, 0.15) is 6.29 Å². The highest BCUT2D eigenvalue weighted by atomic mass is 16.3. The van der Waals surface area contributed by atoms with Crippen molar-refractivity contribution < 1.29 is 9.90 Å². The van der Waals surface area contributed by atoms with Crippen LogP contribution in [0.5, 0.6) is 0 Å². The summed E-state index contributed by atoms with van der Waals surface area (Å²) < 4.78 is 0. The summed E-state index contributed by atoms with van der Waals surface area (Å²) in [5, 5.41) is 18.4. The van der Waals surface area contributed by atoms with Gasteiger partial charge in [0.2, 0.25) is 0 Å². The Labute approximate surface area is 139 Å². The number of allylic oxidation sites excluding steroid dienone is 2. The van der Waals surface area contributed by atoms with Crippen LogP contribution in [0, 0.1) is 39.9 Å². The highest BCUT2D eigenvalue weighted by molar-refractivity contribution is 5.88. The summed E-state index contributed by atoms with van der Waals surface area (Å²) in [5.41, 5.74) is 2.32. The molecule has 3 saturated carbocycles. The molecule has 0 aliphatic heterocycles. The van der Waals surface area contributed by atoms with Crippen molar-refractivity contribution in [2.75, 3.05) is 0 Å². The van der Waals surface area contributed by atoms with E-state index in [0.29, 0.717) is 29.6 Å². The monoisotopic (exact) mass is 315 g/mol. The fraction of sp³-hybridized carbons (Fsp3) is 0.800.